The lowest BCUT2D eigenvalue weighted by atomic mass is 10.1. The summed E-state index contributed by atoms with van der Waals surface area (Å²) in [6.45, 7) is 7.03. The zero-order chi connectivity index (χ0) is 18.5. The minimum atomic E-state index is -0.105. The van der Waals surface area contributed by atoms with E-state index in [-0.39, 0.29) is 11.9 Å². The molecule has 0 amide bonds. The third-order valence-electron chi connectivity index (χ3n) is 3.71. The number of unbranched alkanes of at least 4 members (excludes halogenated alkanes) is 8. The average molecular weight is 345 g/mol. The number of carbonyl (C=O) groups is 2. The van der Waals surface area contributed by atoms with E-state index in [1.165, 1.54) is 39.2 Å². The Bertz CT molecular complexity index is 277. The van der Waals surface area contributed by atoms with Crippen LogP contribution >= 0.6 is 0 Å². The molecule has 0 radical (unpaired) electrons. The second kappa shape index (κ2) is 21.9. The lowest BCUT2D eigenvalue weighted by molar-refractivity contribution is -0.144. The number of methoxy groups -OCH3 is 1. The van der Waals surface area contributed by atoms with Crippen molar-refractivity contribution >= 4 is 11.9 Å². The van der Waals surface area contributed by atoms with Gasteiger partial charge in [-0.05, 0) is 19.3 Å². The number of ether oxygens (including phenoxy) is 2. The first-order valence-corrected chi connectivity index (χ1v) is 9.84. The fourth-order valence-electron chi connectivity index (χ4n) is 2.08. The highest BCUT2D eigenvalue weighted by molar-refractivity contribution is 5.69. The maximum atomic E-state index is 11.2. The van der Waals surface area contributed by atoms with Crippen LogP contribution in [0.5, 0.6) is 0 Å². The van der Waals surface area contributed by atoms with E-state index >= 15 is 0 Å². The third-order valence-corrected chi connectivity index (χ3v) is 3.71. The van der Waals surface area contributed by atoms with Crippen molar-refractivity contribution in [1.82, 2.24) is 0 Å². The van der Waals surface area contributed by atoms with Crippen LogP contribution in [-0.4, -0.2) is 25.7 Å². The van der Waals surface area contributed by atoms with Crippen molar-refractivity contribution < 1.29 is 19.1 Å². The molecule has 0 aliphatic carbocycles. The maximum absolute atomic E-state index is 11.2. The molecule has 0 rings (SSSR count). The van der Waals surface area contributed by atoms with E-state index in [9.17, 15) is 9.59 Å². The second-order valence-electron chi connectivity index (χ2n) is 6.13. The van der Waals surface area contributed by atoms with Gasteiger partial charge in [0.05, 0.1) is 13.7 Å². The van der Waals surface area contributed by atoms with Gasteiger partial charge in [-0.25, -0.2) is 0 Å². The topological polar surface area (TPSA) is 52.6 Å². The van der Waals surface area contributed by atoms with Gasteiger partial charge in [0.2, 0.25) is 0 Å². The summed E-state index contributed by atoms with van der Waals surface area (Å²) in [6, 6.07) is 0. The van der Waals surface area contributed by atoms with Crippen LogP contribution in [0.3, 0.4) is 0 Å². The quantitative estimate of drug-likeness (QED) is 0.294. The smallest absolute Gasteiger partial charge is 0.305 e. The molecule has 0 bridgehead atoms. The Balaban J connectivity index is 0. The van der Waals surface area contributed by atoms with Gasteiger partial charge < -0.3 is 9.47 Å². The van der Waals surface area contributed by atoms with Gasteiger partial charge in [-0.15, -0.1) is 0 Å². The summed E-state index contributed by atoms with van der Waals surface area (Å²) >= 11 is 0. The second-order valence-corrected chi connectivity index (χ2v) is 6.13. The van der Waals surface area contributed by atoms with Gasteiger partial charge in [-0.3, -0.25) is 9.59 Å². The molecule has 144 valence electrons. The highest BCUT2D eigenvalue weighted by atomic mass is 16.5. The molecule has 0 aromatic carbocycles. The van der Waals surface area contributed by atoms with E-state index in [2.05, 4.69) is 18.6 Å². The molecule has 0 unspecified atom stereocenters. The van der Waals surface area contributed by atoms with E-state index in [0.29, 0.717) is 19.4 Å². The fourth-order valence-corrected chi connectivity index (χ4v) is 2.08. The van der Waals surface area contributed by atoms with E-state index in [0.717, 1.165) is 38.5 Å². The van der Waals surface area contributed by atoms with Crippen LogP contribution in [0, 0.1) is 0 Å². The molecular formula is C20H40O4. The first kappa shape index (κ1) is 25.2. The van der Waals surface area contributed by atoms with E-state index < -0.39 is 0 Å². The van der Waals surface area contributed by atoms with Gasteiger partial charge in [-0.1, -0.05) is 72.1 Å². The maximum Gasteiger partial charge on any atom is 0.305 e. The van der Waals surface area contributed by atoms with Gasteiger partial charge in [0.15, 0.2) is 0 Å². The Kier molecular flexibility index (Phi) is 23.0. The largest absolute Gasteiger partial charge is 0.469 e. The summed E-state index contributed by atoms with van der Waals surface area (Å²) in [5.41, 5.74) is 0. The predicted octanol–water partition coefficient (Wildman–Crippen LogP) is 5.82. The molecule has 0 aromatic heterocycles. The van der Waals surface area contributed by atoms with Crippen LogP contribution in [-0.2, 0) is 19.1 Å². The van der Waals surface area contributed by atoms with Gasteiger partial charge in [-0.2, -0.15) is 0 Å². The summed E-state index contributed by atoms with van der Waals surface area (Å²) in [5.74, 6) is -0.117. The monoisotopic (exact) mass is 344 g/mol. The molecule has 0 N–H and O–H groups in total. The number of esters is 2. The standard InChI is InChI=1S/C14H28O2.C6H12O2/c1-3-5-7-8-9-11-13-16-14(15)12-10-6-4-2;1-3-4-5-6(7)8-2/h3-13H2,1-2H3;3-5H2,1-2H3. The highest BCUT2D eigenvalue weighted by Crippen LogP contribution is 2.06. The fraction of sp³-hybridized carbons (Fsp3) is 0.900. The predicted molar refractivity (Wildman–Crippen MR) is 100 cm³/mol. The average Bonchev–Trinajstić information content (AvgIpc) is 2.59. The summed E-state index contributed by atoms with van der Waals surface area (Å²) in [4.78, 5) is 21.6. The van der Waals surface area contributed by atoms with Crippen LogP contribution in [0.25, 0.3) is 0 Å². The van der Waals surface area contributed by atoms with Crippen LogP contribution in [0.4, 0.5) is 0 Å². The summed E-state index contributed by atoms with van der Waals surface area (Å²) in [5, 5.41) is 0. The lowest BCUT2D eigenvalue weighted by Crippen LogP contribution is -2.05. The number of carbonyl (C=O) groups excluding carboxylic acids is 2. The van der Waals surface area contributed by atoms with Crippen molar-refractivity contribution in [3.63, 3.8) is 0 Å². The molecule has 4 heteroatoms. The molecule has 0 aliphatic heterocycles. The molecule has 0 saturated carbocycles. The van der Waals surface area contributed by atoms with Gasteiger partial charge in [0.1, 0.15) is 0 Å². The van der Waals surface area contributed by atoms with Crippen LogP contribution in [0.2, 0.25) is 0 Å². The van der Waals surface area contributed by atoms with Crippen LogP contribution in [0.1, 0.15) is 104 Å². The van der Waals surface area contributed by atoms with Crippen LogP contribution in [0.15, 0.2) is 0 Å². The molecule has 4 nitrogen and oxygen atoms in total. The Hall–Kier alpha value is -1.06. The molecule has 0 fully saturated rings. The molecule has 0 spiro atoms. The Labute approximate surface area is 149 Å². The van der Waals surface area contributed by atoms with Crippen molar-refractivity contribution in [2.75, 3.05) is 13.7 Å². The minimum Gasteiger partial charge on any atom is -0.469 e. The zero-order valence-corrected chi connectivity index (χ0v) is 16.5. The van der Waals surface area contributed by atoms with Gasteiger partial charge in [0, 0.05) is 12.8 Å². The molecule has 0 heterocycles. The van der Waals surface area contributed by atoms with Crippen LogP contribution < -0.4 is 0 Å². The Morgan fingerprint density at radius 2 is 1.12 bits per heavy atom. The summed E-state index contributed by atoms with van der Waals surface area (Å²) < 4.78 is 9.57. The molecule has 24 heavy (non-hydrogen) atoms. The summed E-state index contributed by atoms with van der Waals surface area (Å²) in [7, 11) is 1.41. The van der Waals surface area contributed by atoms with Gasteiger partial charge in [0.25, 0.3) is 0 Å². The number of rotatable bonds is 14. The molecule has 0 aromatic rings. The SMILES string of the molecule is CCCCC(=O)OC.CCCCCCCCOC(=O)CCCCC. The molecular weight excluding hydrogens is 304 g/mol. The summed E-state index contributed by atoms with van der Waals surface area (Å²) in [6.07, 6.45) is 13.9. The Morgan fingerprint density at radius 1 is 0.625 bits per heavy atom. The van der Waals surface area contributed by atoms with Crippen molar-refractivity contribution in [3.8, 4) is 0 Å². The number of hydrogen-bond donors (Lipinski definition) is 0. The lowest BCUT2D eigenvalue weighted by Gasteiger charge is -2.04. The molecule has 0 aliphatic rings. The van der Waals surface area contributed by atoms with E-state index in [1.54, 1.807) is 0 Å². The Morgan fingerprint density at radius 3 is 1.71 bits per heavy atom. The minimum absolute atomic E-state index is 0.0120. The first-order chi connectivity index (χ1) is 11.6. The highest BCUT2D eigenvalue weighted by Gasteiger charge is 2.01. The third kappa shape index (κ3) is 23.2. The van der Waals surface area contributed by atoms with E-state index in [4.69, 9.17) is 4.74 Å². The van der Waals surface area contributed by atoms with E-state index in [1.807, 2.05) is 6.92 Å². The van der Waals surface area contributed by atoms with Crippen molar-refractivity contribution in [2.24, 2.45) is 0 Å². The normalized spacial score (nSPS) is 9.83. The number of hydrogen-bond acceptors (Lipinski definition) is 4. The molecule has 0 atom stereocenters. The zero-order valence-electron chi connectivity index (χ0n) is 16.5. The van der Waals surface area contributed by atoms with Gasteiger partial charge >= 0.3 is 11.9 Å². The van der Waals surface area contributed by atoms with Crippen molar-refractivity contribution in [1.29, 1.82) is 0 Å². The van der Waals surface area contributed by atoms with Crippen molar-refractivity contribution in [2.45, 2.75) is 104 Å². The van der Waals surface area contributed by atoms with Crippen molar-refractivity contribution in [3.05, 3.63) is 0 Å². The first-order valence-electron chi connectivity index (χ1n) is 9.84. The molecule has 0 saturated heterocycles.